The van der Waals surface area contributed by atoms with E-state index < -0.39 is 16.1 Å². The molecular formula is C54H50N2Si2. The Labute approximate surface area is 346 Å². The lowest BCUT2D eigenvalue weighted by molar-refractivity contribution is 1.24. The van der Waals surface area contributed by atoms with Crippen molar-refractivity contribution in [3.05, 3.63) is 180 Å². The minimum absolute atomic E-state index is 1.18. The van der Waals surface area contributed by atoms with Gasteiger partial charge in [0.05, 0.1) is 0 Å². The summed E-state index contributed by atoms with van der Waals surface area (Å²) in [5.74, 6) is 0. The molecule has 0 N–H and O–H groups in total. The third kappa shape index (κ3) is 5.57. The standard InChI is InChI=1S/C54H50N2Si2/c1-35-19-26-48(38(4)30-35)56(40-17-13-10-14-18-40)42-21-23-47-52(34-42)58(7,8)50-28-25-44-45(54(47)50)24-27-49-53(44)46-22-20-41(33-51(46)57(49,5)6)55(39-15-11-9-12-16-39)43-31-36(2)29-37(3)32-43/h9-34H,1-8H3. The summed E-state index contributed by atoms with van der Waals surface area (Å²) in [7, 11) is -4.08. The monoisotopic (exact) mass is 782 g/mol. The van der Waals surface area contributed by atoms with Gasteiger partial charge in [-0.1, -0.05) is 123 Å². The van der Waals surface area contributed by atoms with Gasteiger partial charge >= 0.3 is 0 Å². The molecule has 2 aliphatic heterocycles. The van der Waals surface area contributed by atoms with Gasteiger partial charge in [-0.25, -0.2) is 0 Å². The fraction of sp³-hybridized carbons (Fsp3) is 0.148. The predicted octanol–water partition coefficient (Wildman–Crippen LogP) is 12.6. The van der Waals surface area contributed by atoms with Crippen LogP contribution in [0.1, 0.15) is 22.3 Å². The Morgan fingerprint density at radius 3 is 1.33 bits per heavy atom. The van der Waals surface area contributed by atoms with Crippen molar-refractivity contribution < 1.29 is 0 Å². The lowest BCUT2D eigenvalue weighted by atomic mass is 9.92. The topological polar surface area (TPSA) is 6.48 Å². The summed E-state index contributed by atoms with van der Waals surface area (Å²) >= 11 is 0. The molecule has 2 aliphatic rings. The van der Waals surface area contributed by atoms with E-state index in [1.54, 1.807) is 10.4 Å². The number of para-hydroxylation sites is 2. The van der Waals surface area contributed by atoms with E-state index in [0.29, 0.717) is 0 Å². The number of fused-ring (bicyclic) bond motifs is 9. The van der Waals surface area contributed by atoms with Gasteiger partial charge in [0.15, 0.2) is 0 Å². The molecule has 0 amide bonds. The minimum atomic E-state index is -2.04. The van der Waals surface area contributed by atoms with E-state index in [4.69, 9.17) is 0 Å². The van der Waals surface area contributed by atoms with Crippen LogP contribution in [0.25, 0.3) is 33.0 Å². The molecule has 0 saturated heterocycles. The van der Waals surface area contributed by atoms with Crippen molar-refractivity contribution >= 4 is 81.8 Å². The molecule has 8 aromatic rings. The SMILES string of the molecule is Cc1cc(C)cc(N(c2ccccc2)c2ccc3c(c2)[Si](C)(C)c2ccc4c5c(ccc4c2-3)[Si](C)(C)c2cc(N(c3ccccc3)c3ccc(C)cc3C)ccc2-5)c1. The van der Waals surface area contributed by atoms with Crippen molar-refractivity contribution in [2.75, 3.05) is 9.80 Å². The first-order valence-corrected chi connectivity index (χ1v) is 26.7. The molecule has 10 rings (SSSR count). The highest BCUT2D eigenvalue weighted by Crippen LogP contribution is 2.44. The van der Waals surface area contributed by atoms with Gasteiger partial charge in [-0.2, -0.15) is 0 Å². The molecule has 0 unspecified atom stereocenters. The maximum atomic E-state index is 2.55. The third-order valence-corrected chi connectivity index (χ3v) is 20.1. The van der Waals surface area contributed by atoms with Gasteiger partial charge in [-0.05, 0) is 165 Å². The van der Waals surface area contributed by atoms with Crippen molar-refractivity contribution in [3.63, 3.8) is 0 Å². The summed E-state index contributed by atoms with van der Waals surface area (Å²) in [4.78, 5) is 4.89. The van der Waals surface area contributed by atoms with Crippen LogP contribution in [-0.2, 0) is 0 Å². The second kappa shape index (κ2) is 13.3. The highest BCUT2D eigenvalue weighted by Gasteiger charge is 2.42. The second-order valence-corrected chi connectivity index (χ2v) is 26.4. The molecule has 2 heterocycles. The molecule has 0 fully saturated rings. The summed E-state index contributed by atoms with van der Waals surface area (Å²) in [5, 5.41) is 8.90. The largest absolute Gasteiger partial charge is 0.310 e. The summed E-state index contributed by atoms with van der Waals surface area (Å²) < 4.78 is 0. The van der Waals surface area contributed by atoms with E-state index in [-0.39, 0.29) is 0 Å². The van der Waals surface area contributed by atoms with Crippen LogP contribution in [0.5, 0.6) is 0 Å². The van der Waals surface area contributed by atoms with E-state index >= 15 is 0 Å². The molecule has 284 valence electrons. The van der Waals surface area contributed by atoms with Crippen LogP contribution in [-0.4, -0.2) is 16.1 Å². The van der Waals surface area contributed by atoms with Crippen molar-refractivity contribution in [2.24, 2.45) is 0 Å². The number of hydrogen-bond donors (Lipinski definition) is 0. The van der Waals surface area contributed by atoms with Gasteiger partial charge in [0.1, 0.15) is 16.1 Å². The molecule has 0 atom stereocenters. The Morgan fingerprint density at radius 1 is 0.345 bits per heavy atom. The fourth-order valence-electron chi connectivity index (χ4n) is 10.3. The van der Waals surface area contributed by atoms with Crippen LogP contribution < -0.4 is 30.5 Å². The maximum absolute atomic E-state index is 2.55. The summed E-state index contributed by atoms with van der Waals surface area (Å²) in [6, 6.07) is 60.0. The molecule has 58 heavy (non-hydrogen) atoms. The zero-order chi connectivity index (χ0) is 40.1. The number of aryl methyl sites for hydroxylation is 4. The van der Waals surface area contributed by atoms with Crippen LogP contribution in [0, 0.1) is 27.7 Å². The molecule has 2 nitrogen and oxygen atoms in total. The van der Waals surface area contributed by atoms with E-state index in [1.165, 1.54) is 99.8 Å². The Morgan fingerprint density at radius 2 is 0.828 bits per heavy atom. The van der Waals surface area contributed by atoms with E-state index in [1.807, 2.05) is 0 Å². The Kier molecular flexibility index (Phi) is 8.35. The number of rotatable bonds is 6. The first-order chi connectivity index (χ1) is 27.9. The number of benzene rings is 8. The molecule has 0 aliphatic carbocycles. The lowest BCUT2D eigenvalue weighted by Gasteiger charge is -2.29. The van der Waals surface area contributed by atoms with Crippen molar-refractivity contribution in [1.29, 1.82) is 0 Å². The van der Waals surface area contributed by atoms with E-state index in [9.17, 15) is 0 Å². The molecule has 0 saturated carbocycles. The van der Waals surface area contributed by atoms with Gasteiger partial charge in [-0.3, -0.25) is 0 Å². The molecule has 0 spiro atoms. The molecule has 4 heteroatoms. The van der Waals surface area contributed by atoms with Crippen molar-refractivity contribution in [3.8, 4) is 22.3 Å². The number of anilines is 6. The molecule has 0 aromatic heterocycles. The maximum Gasteiger partial charge on any atom is 0.113 e. The van der Waals surface area contributed by atoms with Crippen LogP contribution in [0.15, 0.2) is 158 Å². The number of nitrogens with zero attached hydrogens (tertiary/aromatic N) is 2. The van der Waals surface area contributed by atoms with Crippen LogP contribution in [0.3, 0.4) is 0 Å². The highest BCUT2D eigenvalue weighted by atomic mass is 28.3. The first-order valence-electron chi connectivity index (χ1n) is 20.7. The Hall–Kier alpha value is -5.95. The first kappa shape index (κ1) is 36.4. The lowest BCUT2D eigenvalue weighted by Crippen LogP contribution is -2.49. The van der Waals surface area contributed by atoms with Crippen LogP contribution in [0.4, 0.5) is 34.1 Å². The zero-order valence-corrected chi connectivity index (χ0v) is 36.9. The predicted molar refractivity (Wildman–Crippen MR) is 257 cm³/mol. The van der Waals surface area contributed by atoms with E-state index in [2.05, 4.69) is 221 Å². The average Bonchev–Trinajstić information content (AvgIpc) is 3.58. The van der Waals surface area contributed by atoms with Crippen LogP contribution >= 0.6 is 0 Å². The summed E-state index contributed by atoms with van der Waals surface area (Å²) in [5.41, 5.74) is 18.1. The molecule has 0 radical (unpaired) electrons. The molecular weight excluding hydrogens is 733 g/mol. The fourth-order valence-corrected chi connectivity index (χ4v) is 16.4. The number of hydrogen-bond acceptors (Lipinski definition) is 2. The van der Waals surface area contributed by atoms with Crippen LogP contribution in [0.2, 0.25) is 26.2 Å². The second-order valence-electron chi connectivity index (χ2n) is 17.8. The molecule has 0 bridgehead atoms. The Bertz CT molecular complexity index is 2930. The highest BCUT2D eigenvalue weighted by molar-refractivity contribution is 7.05. The van der Waals surface area contributed by atoms with E-state index in [0.717, 1.165) is 0 Å². The van der Waals surface area contributed by atoms with Gasteiger partial charge < -0.3 is 9.80 Å². The normalized spacial score (nSPS) is 14.1. The van der Waals surface area contributed by atoms with Crippen molar-refractivity contribution in [2.45, 2.75) is 53.9 Å². The average molecular weight is 783 g/mol. The quantitative estimate of drug-likeness (QED) is 0.155. The van der Waals surface area contributed by atoms with Gasteiger partial charge in [0.25, 0.3) is 0 Å². The zero-order valence-electron chi connectivity index (χ0n) is 34.9. The van der Waals surface area contributed by atoms with Crippen molar-refractivity contribution in [1.82, 2.24) is 0 Å². The smallest absolute Gasteiger partial charge is 0.113 e. The van der Waals surface area contributed by atoms with Gasteiger partial charge in [0.2, 0.25) is 0 Å². The third-order valence-electron chi connectivity index (χ3n) is 13.0. The summed E-state index contributed by atoms with van der Waals surface area (Å²) in [6.07, 6.45) is 0. The van der Waals surface area contributed by atoms with Gasteiger partial charge in [-0.15, -0.1) is 0 Å². The van der Waals surface area contributed by atoms with Gasteiger partial charge in [0, 0.05) is 34.1 Å². The minimum Gasteiger partial charge on any atom is -0.310 e. The summed E-state index contributed by atoms with van der Waals surface area (Å²) in [6.45, 7) is 19.0. The molecule has 8 aromatic carbocycles. The Balaban J connectivity index is 1.12.